The molecule has 0 saturated carbocycles. The summed E-state index contributed by atoms with van der Waals surface area (Å²) in [5.74, 6) is 0.219. The van der Waals surface area contributed by atoms with E-state index in [4.69, 9.17) is 9.15 Å². The van der Waals surface area contributed by atoms with Crippen molar-refractivity contribution in [3.63, 3.8) is 0 Å². The van der Waals surface area contributed by atoms with Crippen LogP contribution in [0.2, 0.25) is 0 Å². The monoisotopic (exact) mass is 541 g/mol. The minimum Gasteiger partial charge on any atom is -0.486 e. The molecule has 0 spiro atoms. The third-order valence-corrected chi connectivity index (χ3v) is 8.03. The van der Waals surface area contributed by atoms with Crippen LogP contribution < -0.4 is 9.46 Å². The van der Waals surface area contributed by atoms with Crippen molar-refractivity contribution in [1.29, 1.82) is 0 Å². The van der Waals surface area contributed by atoms with Gasteiger partial charge in [0.2, 0.25) is 10.0 Å². The molecule has 7 nitrogen and oxygen atoms in total. The van der Waals surface area contributed by atoms with Crippen LogP contribution in [0.3, 0.4) is 0 Å². The van der Waals surface area contributed by atoms with Crippen LogP contribution in [0.5, 0.6) is 5.75 Å². The van der Waals surface area contributed by atoms with Gasteiger partial charge < -0.3 is 14.3 Å². The molecule has 0 amide bonds. The van der Waals surface area contributed by atoms with Gasteiger partial charge in [-0.25, -0.2) is 8.42 Å². The zero-order valence-electron chi connectivity index (χ0n) is 21.2. The second-order valence-electron chi connectivity index (χ2n) is 9.19. The minimum absolute atomic E-state index is 0.00767. The lowest BCUT2D eigenvalue weighted by atomic mass is 10.1. The van der Waals surface area contributed by atoms with E-state index in [-0.39, 0.29) is 11.3 Å². The number of carbonyl (C=O) groups is 1. The highest BCUT2D eigenvalue weighted by Gasteiger charge is 2.25. The van der Waals surface area contributed by atoms with Crippen molar-refractivity contribution in [2.45, 2.75) is 30.9 Å². The summed E-state index contributed by atoms with van der Waals surface area (Å²) in [5.41, 5.74) is 4.31. The summed E-state index contributed by atoms with van der Waals surface area (Å²) in [4.78, 5) is 11.7. The molecule has 5 aromatic rings. The molecule has 5 rings (SSSR count). The number of fused-ring (bicyclic) bond motifs is 1. The van der Waals surface area contributed by atoms with Crippen molar-refractivity contribution in [2.24, 2.45) is 0 Å². The normalized spacial score (nSPS) is 12.3. The standard InChI is InChI=1S/C31H27NO6S/c1-21-27-9-5-6-10-29(27)38-30(21)20-37-25-15-11-23(12-16-25)24-13-17-26(18-14-24)39(35,36)32-28(31(33)34)19-22-7-3-2-4-8-22/h2-18,28,32H,19-20H2,1H3,(H,33,34)/t28-/m1/s1. The van der Waals surface area contributed by atoms with Gasteiger partial charge in [0.15, 0.2) is 0 Å². The molecule has 1 atom stereocenters. The molecular formula is C31H27NO6S. The van der Waals surface area contributed by atoms with Crippen LogP contribution in [0, 0.1) is 6.92 Å². The molecule has 0 aliphatic heterocycles. The maximum absolute atomic E-state index is 12.9. The topological polar surface area (TPSA) is 106 Å². The molecule has 0 radical (unpaired) electrons. The lowest BCUT2D eigenvalue weighted by molar-refractivity contribution is -0.138. The Labute approximate surface area is 226 Å². The molecule has 1 heterocycles. The fraction of sp³-hybridized carbons (Fsp3) is 0.129. The van der Waals surface area contributed by atoms with E-state index < -0.39 is 22.0 Å². The van der Waals surface area contributed by atoms with Gasteiger partial charge in [0.25, 0.3) is 0 Å². The molecule has 0 fully saturated rings. The lowest BCUT2D eigenvalue weighted by Crippen LogP contribution is -2.42. The first-order valence-electron chi connectivity index (χ1n) is 12.4. The third kappa shape index (κ3) is 6.03. The fourth-order valence-electron chi connectivity index (χ4n) is 4.37. The number of benzene rings is 4. The third-order valence-electron chi connectivity index (χ3n) is 6.54. The second-order valence-corrected chi connectivity index (χ2v) is 10.9. The number of hydrogen-bond acceptors (Lipinski definition) is 5. The fourth-order valence-corrected chi connectivity index (χ4v) is 5.56. The highest BCUT2D eigenvalue weighted by Crippen LogP contribution is 2.28. The van der Waals surface area contributed by atoms with Crippen LogP contribution in [0.25, 0.3) is 22.1 Å². The number of furan rings is 1. The van der Waals surface area contributed by atoms with Gasteiger partial charge >= 0.3 is 5.97 Å². The summed E-state index contributed by atoms with van der Waals surface area (Å²) >= 11 is 0. The SMILES string of the molecule is Cc1c(COc2ccc(-c3ccc(S(=O)(=O)N[C@H](Cc4ccccc4)C(=O)O)cc3)cc2)oc2ccccc12. The Morgan fingerprint density at radius 1 is 0.872 bits per heavy atom. The molecule has 0 saturated heterocycles. The first-order valence-corrected chi connectivity index (χ1v) is 13.9. The summed E-state index contributed by atoms with van der Waals surface area (Å²) in [6.45, 7) is 2.32. The summed E-state index contributed by atoms with van der Waals surface area (Å²) in [7, 11) is -4.04. The van der Waals surface area contributed by atoms with E-state index in [1.807, 2.05) is 61.5 Å². The van der Waals surface area contributed by atoms with E-state index in [2.05, 4.69) is 4.72 Å². The Kier molecular flexibility index (Phi) is 7.49. The number of carboxylic acids is 1. The number of aryl methyl sites for hydroxylation is 1. The summed E-state index contributed by atoms with van der Waals surface area (Å²) in [6.07, 6.45) is 0.0395. The average molecular weight is 542 g/mol. The number of ether oxygens (including phenoxy) is 1. The number of nitrogens with one attached hydrogen (secondary N) is 1. The minimum atomic E-state index is -4.04. The van der Waals surface area contributed by atoms with Crippen LogP contribution in [0.1, 0.15) is 16.9 Å². The molecule has 8 heteroatoms. The van der Waals surface area contributed by atoms with Crippen molar-refractivity contribution >= 4 is 27.0 Å². The largest absolute Gasteiger partial charge is 0.486 e. The Balaban J connectivity index is 1.24. The van der Waals surface area contributed by atoms with Crippen LogP contribution in [0.4, 0.5) is 0 Å². The molecule has 0 aliphatic rings. The Bertz CT molecular complexity index is 1690. The zero-order valence-corrected chi connectivity index (χ0v) is 22.0. The van der Waals surface area contributed by atoms with Crippen LogP contribution >= 0.6 is 0 Å². The first kappa shape index (κ1) is 26.2. The van der Waals surface area contributed by atoms with E-state index in [0.717, 1.165) is 39.0 Å². The van der Waals surface area contributed by atoms with Gasteiger partial charge in [0.05, 0.1) is 4.90 Å². The number of rotatable bonds is 10. The van der Waals surface area contributed by atoms with Crippen molar-refractivity contribution in [1.82, 2.24) is 4.72 Å². The smallest absolute Gasteiger partial charge is 0.322 e. The Morgan fingerprint density at radius 2 is 1.49 bits per heavy atom. The van der Waals surface area contributed by atoms with Gasteiger partial charge in [-0.1, -0.05) is 72.8 Å². The van der Waals surface area contributed by atoms with Crippen LogP contribution in [-0.2, 0) is 27.8 Å². The van der Waals surface area contributed by atoms with E-state index in [9.17, 15) is 18.3 Å². The van der Waals surface area contributed by atoms with Crippen LogP contribution in [-0.4, -0.2) is 25.5 Å². The molecular weight excluding hydrogens is 514 g/mol. The predicted molar refractivity (Wildman–Crippen MR) is 149 cm³/mol. The summed E-state index contributed by atoms with van der Waals surface area (Å²) in [6, 6.07) is 29.3. The molecule has 0 unspecified atom stereocenters. The van der Waals surface area contributed by atoms with Crippen LogP contribution in [0.15, 0.2) is 112 Å². The maximum Gasteiger partial charge on any atom is 0.322 e. The van der Waals surface area contributed by atoms with Crippen molar-refractivity contribution in [3.8, 4) is 16.9 Å². The van der Waals surface area contributed by atoms with Crippen molar-refractivity contribution in [2.75, 3.05) is 0 Å². The van der Waals surface area contributed by atoms with Gasteiger partial charge in [-0.15, -0.1) is 0 Å². The number of sulfonamides is 1. The molecule has 0 aliphatic carbocycles. The van der Waals surface area contributed by atoms with E-state index in [0.29, 0.717) is 12.4 Å². The molecule has 0 bridgehead atoms. The quantitative estimate of drug-likeness (QED) is 0.226. The van der Waals surface area contributed by atoms with E-state index in [1.54, 1.807) is 36.4 Å². The highest BCUT2D eigenvalue weighted by molar-refractivity contribution is 7.89. The Hall–Kier alpha value is -4.40. The van der Waals surface area contributed by atoms with E-state index >= 15 is 0 Å². The maximum atomic E-state index is 12.9. The number of hydrogen-bond donors (Lipinski definition) is 2. The number of carboxylic acid groups (broad SMARTS) is 1. The molecule has 2 N–H and O–H groups in total. The number of para-hydroxylation sites is 1. The second kappa shape index (κ2) is 11.1. The predicted octanol–water partition coefficient (Wildman–Crippen LogP) is 5.96. The van der Waals surface area contributed by atoms with Gasteiger partial charge in [0.1, 0.15) is 29.7 Å². The summed E-state index contributed by atoms with van der Waals surface area (Å²) in [5, 5.41) is 10.6. The van der Waals surface area contributed by atoms with Crippen molar-refractivity contribution < 1.29 is 27.5 Å². The van der Waals surface area contributed by atoms with Gasteiger partial charge in [-0.3, -0.25) is 4.79 Å². The summed E-state index contributed by atoms with van der Waals surface area (Å²) < 4.78 is 39.9. The lowest BCUT2D eigenvalue weighted by Gasteiger charge is -2.15. The highest BCUT2D eigenvalue weighted by atomic mass is 32.2. The van der Waals surface area contributed by atoms with Gasteiger partial charge in [0, 0.05) is 10.9 Å². The number of aliphatic carboxylic acids is 1. The zero-order chi connectivity index (χ0) is 27.4. The molecule has 198 valence electrons. The molecule has 1 aromatic heterocycles. The first-order chi connectivity index (χ1) is 18.8. The Morgan fingerprint density at radius 3 is 2.13 bits per heavy atom. The van der Waals surface area contributed by atoms with Crippen molar-refractivity contribution in [3.05, 3.63) is 120 Å². The molecule has 39 heavy (non-hydrogen) atoms. The molecule has 4 aromatic carbocycles. The average Bonchev–Trinajstić information content (AvgIpc) is 3.27. The van der Waals surface area contributed by atoms with Gasteiger partial charge in [-0.05, 0) is 60.4 Å². The van der Waals surface area contributed by atoms with E-state index in [1.165, 1.54) is 12.1 Å². The van der Waals surface area contributed by atoms with Gasteiger partial charge in [-0.2, -0.15) is 4.72 Å².